The Morgan fingerprint density at radius 3 is 2.43 bits per heavy atom. The van der Waals surface area contributed by atoms with E-state index in [0.717, 1.165) is 32.6 Å². The molecule has 0 aromatic rings. The van der Waals surface area contributed by atoms with Crippen molar-refractivity contribution < 1.29 is 9.47 Å². The molecule has 0 saturated heterocycles. The van der Waals surface area contributed by atoms with Crippen LogP contribution in [0.2, 0.25) is 0 Å². The van der Waals surface area contributed by atoms with E-state index in [9.17, 15) is 0 Å². The van der Waals surface area contributed by atoms with Crippen molar-refractivity contribution in [1.82, 2.24) is 5.32 Å². The third kappa shape index (κ3) is 9.96. The third-order valence-electron chi connectivity index (χ3n) is 2.00. The van der Waals surface area contributed by atoms with E-state index in [0.29, 0.717) is 12.1 Å². The van der Waals surface area contributed by atoms with Crippen LogP contribution in [-0.4, -0.2) is 39.0 Å². The minimum atomic E-state index is 0.314. The summed E-state index contributed by atoms with van der Waals surface area (Å²) >= 11 is 0. The highest BCUT2D eigenvalue weighted by Gasteiger charge is 2.00. The first kappa shape index (κ1) is 13.9. The van der Waals surface area contributed by atoms with E-state index in [2.05, 4.69) is 26.1 Å². The third-order valence-corrected chi connectivity index (χ3v) is 2.00. The van der Waals surface area contributed by atoms with Crippen molar-refractivity contribution in [1.29, 1.82) is 0 Å². The molecule has 0 saturated carbocycles. The van der Waals surface area contributed by atoms with Crippen LogP contribution < -0.4 is 5.32 Å². The lowest BCUT2D eigenvalue weighted by atomic mass is 10.3. The van der Waals surface area contributed by atoms with Crippen LogP contribution >= 0.6 is 0 Å². The summed E-state index contributed by atoms with van der Waals surface area (Å²) in [6.07, 6.45) is 2.37. The number of hydrogen-bond acceptors (Lipinski definition) is 3. The minimum Gasteiger partial charge on any atom is -0.385 e. The number of ether oxygens (including phenoxy) is 2. The van der Waals surface area contributed by atoms with Crippen molar-refractivity contribution in [3.63, 3.8) is 0 Å². The quantitative estimate of drug-likeness (QED) is 0.580. The van der Waals surface area contributed by atoms with Gasteiger partial charge in [0.1, 0.15) is 0 Å². The standard InChI is InChI=1S/C11H25NO2/c1-10(2)12-7-5-8-14-11(3)6-9-13-4/h10-12H,5-9H2,1-4H3. The molecule has 0 radical (unpaired) electrons. The second kappa shape index (κ2) is 9.44. The Balaban J connectivity index is 3.10. The van der Waals surface area contributed by atoms with E-state index in [-0.39, 0.29) is 0 Å². The maximum Gasteiger partial charge on any atom is 0.0568 e. The molecule has 1 N–H and O–H groups in total. The molecule has 3 heteroatoms. The second-order valence-corrected chi connectivity index (χ2v) is 3.93. The van der Waals surface area contributed by atoms with Gasteiger partial charge in [-0.3, -0.25) is 0 Å². The molecule has 3 nitrogen and oxygen atoms in total. The molecule has 1 unspecified atom stereocenters. The van der Waals surface area contributed by atoms with Gasteiger partial charge in [-0.25, -0.2) is 0 Å². The zero-order chi connectivity index (χ0) is 10.8. The molecule has 86 valence electrons. The average Bonchev–Trinajstić information content (AvgIpc) is 2.13. The van der Waals surface area contributed by atoms with E-state index >= 15 is 0 Å². The monoisotopic (exact) mass is 203 g/mol. The summed E-state index contributed by atoms with van der Waals surface area (Å²) in [6, 6.07) is 0.570. The normalized spacial score (nSPS) is 13.5. The average molecular weight is 203 g/mol. The molecule has 0 aliphatic heterocycles. The van der Waals surface area contributed by atoms with E-state index < -0.39 is 0 Å². The van der Waals surface area contributed by atoms with Crippen LogP contribution in [0, 0.1) is 0 Å². The SMILES string of the molecule is COCCC(C)OCCCNC(C)C. The Morgan fingerprint density at radius 2 is 1.86 bits per heavy atom. The molecule has 0 aromatic heterocycles. The molecule has 0 aliphatic rings. The molecule has 0 spiro atoms. The molecule has 0 heterocycles. The van der Waals surface area contributed by atoms with Crippen LogP contribution in [0.25, 0.3) is 0 Å². The van der Waals surface area contributed by atoms with Crippen molar-refractivity contribution in [3.8, 4) is 0 Å². The molecule has 0 bridgehead atoms. The van der Waals surface area contributed by atoms with Crippen molar-refractivity contribution in [2.75, 3.05) is 26.9 Å². The molecule has 0 amide bonds. The lowest BCUT2D eigenvalue weighted by molar-refractivity contribution is 0.0396. The molecular weight excluding hydrogens is 178 g/mol. The first-order valence-electron chi connectivity index (χ1n) is 5.50. The van der Waals surface area contributed by atoms with Crippen LogP contribution in [0.15, 0.2) is 0 Å². The number of hydrogen-bond donors (Lipinski definition) is 1. The van der Waals surface area contributed by atoms with Crippen LogP contribution in [0.3, 0.4) is 0 Å². The fourth-order valence-electron chi connectivity index (χ4n) is 1.11. The van der Waals surface area contributed by atoms with E-state index in [1.165, 1.54) is 0 Å². The summed E-state index contributed by atoms with van der Waals surface area (Å²) in [4.78, 5) is 0. The minimum absolute atomic E-state index is 0.314. The zero-order valence-electron chi connectivity index (χ0n) is 10.0. The van der Waals surface area contributed by atoms with Crippen molar-refractivity contribution in [3.05, 3.63) is 0 Å². The molecule has 14 heavy (non-hydrogen) atoms. The summed E-state index contributed by atoms with van der Waals surface area (Å²) in [5, 5.41) is 3.36. The van der Waals surface area contributed by atoms with E-state index in [4.69, 9.17) is 9.47 Å². The van der Waals surface area contributed by atoms with Gasteiger partial charge in [0.15, 0.2) is 0 Å². The van der Waals surface area contributed by atoms with Crippen LogP contribution in [0.4, 0.5) is 0 Å². The van der Waals surface area contributed by atoms with Crippen molar-refractivity contribution >= 4 is 0 Å². The predicted octanol–water partition coefficient (Wildman–Crippen LogP) is 1.82. The lowest BCUT2D eigenvalue weighted by Crippen LogP contribution is -2.25. The van der Waals surface area contributed by atoms with Gasteiger partial charge in [0.05, 0.1) is 6.10 Å². The smallest absolute Gasteiger partial charge is 0.0568 e. The summed E-state index contributed by atoms with van der Waals surface area (Å²) in [5.74, 6) is 0. The first-order chi connectivity index (χ1) is 6.66. The van der Waals surface area contributed by atoms with Gasteiger partial charge in [0, 0.05) is 26.4 Å². The Morgan fingerprint density at radius 1 is 1.14 bits per heavy atom. The summed E-state index contributed by atoms with van der Waals surface area (Å²) in [6.45, 7) is 9.06. The van der Waals surface area contributed by atoms with Gasteiger partial charge >= 0.3 is 0 Å². The number of nitrogens with one attached hydrogen (secondary N) is 1. The van der Waals surface area contributed by atoms with Gasteiger partial charge in [0.25, 0.3) is 0 Å². The molecular formula is C11H25NO2. The Hall–Kier alpha value is -0.120. The molecule has 0 fully saturated rings. The highest BCUT2D eigenvalue weighted by Crippen LogP contribution is 1.98. The highest BCUT2D eigenvalue weighted by molar-refractivity contribution is 4.53. The topological polar surface area (TPSA) is 30.5 Å². The fourth-order valence-corrected chi connectivity index (χ4v) is 1.11. The number of rotatable bonds is 9. The number of methoxy groups -OCH3 is 1. The predicted molar refractivity (Wildman–Crippen MR) is 59.7 cm³/mol. The largest absolute Gasteiger partial charge is 0.385 e. The van der Waals surface area contributed by atoms with Crippen molar-refractivity contribution in [2.45, 2.75) is 45.8 Å². The maximum atomic E-state index is 5.61. The summed E-state index contributed by atoms with van der Waals surface area (Å²) < 4.78 is 10.6. The maximum absolute atomic E-state index is 5.61. The van der Waals surface area contributed by atoms with Gasteiger partial charge in [-0.15, -0.1) is 0 Å². The molecule has 1 atom stereocenters. The van der Waals surface area contributed by atoms with Crippen LogP contribution in [0.1, 0.15) is 33.6 Å². The Bertz CT molecular complexity index is 118. The molecule has 0 aromatic carbocycles. The van der Waals surface area contributed by atoms with Crippen LogP contribution in [0.5, 0.6) is 0 Å². The summed E-state index contributed by atoms with van der Waals surface area (Å²) in [5.41, 5.74) is 0. The van der Waals surface area contributed by atoms with Crippen LogP contribution in [-0.2, 0) is 9.47 Å². The summed E-state index contributed by atoms with van der Waals surface area (Å²) in [7, 11) is 1.72. The first-order valence-corrected chi connectivity index (χ1v) is 5.50. The molecule has 0 rings (SSSR count). The van der Waals surface area contributed by atoms with E-state index in [1.54, 1.807) is 7.11 Å². The second-order valence-electron chi connectivity index (χ2n) is 3.93. The fraction of sp³-hybridized carbons (Fsp3) is 1.00. The van der Waals surface area contributed by atoms with E-state index in [1.807, 2.05) is 0 Å². The van der Waals surface area contributed by atoms with Gasteiger partial charge in [0.2, 0.25) is 0 Å². The highest BCUT2D eigenvalue weighted by atomic mass is 16.5. The zero-order valence-corrected chi connectivity index (χ0v) is 10.0. The van der Waals surface area contributed by atoms with Gasteiger partial charge in [-0.1, -0.05) is 13.8 Å². The lowest BCUT2D eigenvalue weighted by Gasteiger charge is -2.13. The Kier molecular flexibility index (Phi) is 9.35. The van der Waals surface area contributed by atoms with Gasteiger partial charge in [-0.05, 0) is 26.3 Å². The van der Waals surface area contributed by atoms with Crippen molar-refractivity contribution in [2.24, 2.45) is 0 Å². The molecule has 0 aliphatic carbocycles. The van der Waals surface area contributed by atoms with Gasteiger partial charge < -0.3 is 14.8 Å². The Labute approximate surface area is 88.2 Å². The van der Waals surface area contributed by atoms with Gasteiger partial charge in [-0.2, -0.15) is 0 Å².